The maximum atomic E-state index is 11.4. The van der Waals surface area contributed by atoms with Gasteiger partial charge in [-0.1, -0.05) is 23.2 Å². The summed E-state index contributed by atoms with van der Waals surface area (Å²) in [6.07, 6.45) is 1.15. The number of ether oxygens (including phenoxy) is 2. The highest BCUT2D eigenvalue weighted by atomic mass is 35.5. The molecule has 0 radical (unpaired) electrons. The van der Waals surface area contributed by atoms with Crippen molar-refractivity contribution in [3.63, 3.8) is 0 Å². The van der Waals surface area contributed by atoms with Crippen molar-refractivity contribution in [2.75, 3.05) is 7.11 Å². The molecule has 86 valence electrons. The van der Waals surface area contributed by atoms with Crippen molar-refractivity contribution in [3.8, 4) is 6.01 Å². The van der Waals surface area contributed by atoms with Gasteiger partial charge >= 0.3 is 12.0 Å². The Morgan fingerprint density at radius 2 is 1.94 bits per heavy atom. The summed E-state index contributed by atoms with van der Waals surface area (Å²) in [5.41, 5.74) is -0.956. The van der Waals surface area contributed by atoms with Crippen molar-refractivity contribution in [1.82, 2.24) is 9.97 Å². The van der Waals surface area contributed by atoms with Crippen molar-refractivity contribution >= 4 is 29.2 Å². The molecule has 0 amide bonds. The van der Waals surface area contributed by atoms with Crippen LogP contribution in [0.4, 0.5) is 0 Å². The summed E-state index contributed by atoms with van der Waals surface area (Å²) >= 11 is 11.4. The number of hydrogen-bond acceptors (Lipinski definition) is 5. The van der Waals surface area contributed by atoms with Crippen molar-refractivity contribution in [3.05, 3.63) is 16.4 Å². The molecule has 2 rings (SSSR count). The Labute approximate surface area is 102 Å². The molecule has 0 spiro atoms. The van der Waals surface area contributed by atoms with Crippen LogP contribution < -0.4 is 4.74 Å². The molecule has 0 saturated heterocycles. The highest BCUT2D eigenvalue weighted by Gasteiger charge is 2.55. The molecule has 1 heterocycles. The van der Waals surface area contributed by atoms with E-state index in [1.165, 1.54) is 13.2 Å². The number of rotatable bonds is 3. The highest BCUT2D eigenvalue weighted by molar-refractivity contribution is 6.33. The summed E-state index contributed by atoms with van der Waals surface area (Å²) in [4.78, 5) is 19.0. The van der Waals surface area contributed by atoms with Gasteiger partial charge in [0.2, 0.25) is 5.60 Å². The van der Waals surface area contributed by atoms with Crippen LogP contribution in [-0.4, -0.2) is 28.6 Å². The number of hydrogen-bond donors (Lipinski definition) is 0. The predicted molar refractivity (Wildman–Crippen MR) is 56.7 cm³/mol. The molecule has 1 fully saturated rings. The fourth-order valence-corrected chi connectivity index (χ4v) is 1.65. The Balaban J connectivity index is 2.18. The third-order valence-electron chi connectivity index (χ3n) is 2.19. The Kier molecular flexibility index (Phi) is 2.90. The lowest BCUT2D eigenvalue weighted by atomic mass is 10.3. The topological polar surface area (TPSA) is 61.3 Å². The molecule has 0 atom stereocenters. The van der Waals surface area contributed by atoms with E-state index >= 15 is 0 Å². The van der Waals surface area contributed by atoms with Crippen LogP contribution >= 0.6 is 23.2 Å². The molecule has 1 saturated carbocycles. The summed E-state index contributed by atoms with van der Waals surface area (Å²) < 4.78 is 9.99. The van der Waals surface area contributed by atoms with Crippen LogP contribution in [0.25, 0.3) is 0 Å². The third kappa shape index (κ3) is 2.20. The second-order valence-electron chi connectivity index (χ2n) is 3.38. The van der Waals surface area contributed by atoms with Gasteiger partial charge in [0.1, 0.15) is 10.3 Å². The van der Waals surface area contributed by atoms with Crippen LogP contribution in [0, 0.1) is 0 Å². The van der Waals surface area contributed by atoms with Gasteiger partial charge in [-0.2, -0.15) is 9.97 Å². The van der Waals surface area contributed by atoms with Crippen LogP contribution in [-0.2, 0) is 9.53 Å². The van der Waals surface area contributed by atoms with Crippen LogP contribution in [0.15, 0.2) is 6.07 Å². The summed E-state index contributed by atoms with van der Waals surface area (Å²) in [5.74, 6) is -0.438. The van der Waals surface area contributed by atoms with Crippen LogP contribution in [0.3, 0.4) is 0 Å². The molecule has 0 aromatic carbocycles. The Morgan fingerprint density at radius 3 is 2.38 bits per heavy atom. The first kappa shape index (κ1) is 11.4. The summed E-state index contributed by atoms with van der Waals surface area (Å²) in [6.45, 7) is 0. The van der Waals surface area contributed by atoms with Gasteiger partial charge in [0.25, 0.3) is 0 Å². The Bertz CT molecular complexity index is 415. The van der Waals surface area contributed by atoms with E-state index in [4.69, 9.17) is 27.9 Å². The van der Waals surface area contributed by atoms with Crippen molar-refractivity contribution in [2.24, 2.45) is 0 Å². The van der Waals surface area contributed by atoms with Gasteiger partial charge in [-0.25, -0.2) is 4.79 Å². The first-order valence-corrected chi connectivity index (χ1v) is 5.29. The van der Waals surface area contributed by atoms with E-state index in [0.29, 0.717) is 12.8 Å². The van der Waals surface area contributed by atoms with E-state index in [2.05, 4.69) is 14.7 Å². The molecule has 16 heavy (non-hydrogen) atoms. The number of carbonyl (C=O) groups excluding carboxylic acids is 1. The lowest BCUT2D eigenvalue weighted by Crippen LogP contribution is -2.31. The maximum absolute atomic E-state index is 11.4. The predicted octanol–water partition coefficient (Wildman–Crippen LogP) is 1.87. The average Bonchev–Trinajstić information content (AvgIpc) is 2.96. The van der Waals surface area contributed by atoms with E-state index in [-0.39, 0.29) is 16.3 Å². The standard InChI is InChI=1S/C9H8Cl2N2O3/c1-15-7(14)9(2-3-9)16-8-12-5(10)4-6(11)13-8/h4H,2-3H2,1H3. The largest absolute Gasteiger partial charge is 0.466 e. The molecule has 0 unspecified atom stereocenters. The first-order chi connectivity index (χ1) is 7.55. The average molecular weight is 263 g/mol. The quantitative estimate of drug-likeness (QED) is 0.615. The van der Waals surface area contributed by atoms with Gasteiger partial charge in [0, 0.05) is 18.9 Å². The second-order valence-corrected chi connectivity index (χ2v) is 4.16. The van der Waals surface area contributed by atoms with E-state index in [0.717, 1.165) is 0 Å². The van der Waals surface area contributed by atoms with Gasteiger partial charge < -0.3 is 9.47 Å². The van der Waals surface area contributed by atoms with Gasteiger partial charge in [-0.3, -0.25) is 0 Å². The van der Waals surface area contributed by atoms with E-state index in [1.54, 1.807) is 0 Å². The Morgan fingerprint density at radius 1 is 1.38 bits per heavy atom. The van der Waals surface area contributed by atoms with E-state index in [1.807, 2.05) is 0 Å². The number of aromatic nitrogens is 2. The van der Waals surface area contributed by atoms with Gasteiger partial charge in [-0.05, 0) is 0 Å². The molecule has 1 aromatic heterocycles. The molecule has 5 nitrogen and oxygen atoms in total. The zero-order valence-corrected chi connectivity index (χ0v) is 9.88. The smallest absolute Gasteiger partial charge is 0.350 e. The number of carbonyl (C=O) groups is 1. The van der Waals surface area contributed by atoms with E-state index in [9.17, 15) is 4.79 Å². The van der Waals surface area contributed by atoms with Gasteiger partial charge in [-0.15, -0.1) is 0 Å². The molecule has 1 aliphatic carbocycles. The molecule has 1 aromatic rings. The summed E-state index contributed by atoms with van der Waals surface area (Å²) in [7, 11) is 1.30. The highest BCUT2D eigenvalue weighted by Crippen LogP contribution is 2.40. The van der Waals surface area contributed by atoms with Crippen LogP contribution in [0.1, 0.15) is 12.8 Å². The number of esters is 1. The molecule has 7 heteroatoms. The normalized spacial score (nSPS) is 16.7. The Hall–Kier alpha value is -1.07. The monoisotopic (exact) mass is 262 g/mol. The minimum absolute atomic E-state index is 0.0135. The lowest BCUT2D eigenvalue weighted by molar-refractivity contribution is -0.151. The summed E-state index contributed by atoms with van der Waals surface area (Å²) in [5, 5.41) is 0.325. The minimum Gasteiger partial charge on any atom is -0.466 e. The first-order valence-electron chi connectivity index (χ1n) is 4.53. The summed E-state index contributed by atoms with van der Waals surface area (Å²) in [6, 6.07) is 1.37. The van der Waals surface area contributed by atoms with Crippen molar-refractivity contribution < 1.29 is 14.3 Å². The zero-order chi connectivity index (χ0) is 11.8. The maximum Gasteiger partial charge on any atom is 0.350 e. The van der Waals surface area contributed by atoms with Gasteiger partial charge in [0.05, 0.1) is 7.11 Å². The third-order valence-corrected chi connectivity index (χ3v) is 2.58. The fraction of sp³-hybridized carbons (Fsp3) is 0.444. The fourth-order valence-electron chi connectivity index (χ4n) is 1.24. The van der Waals surface area contributed by atoms with Gasteiger partial charge in [0.15, 0.2) is 0 Å². The van der Waals surface area contributed by atoms with Crippen molar-refractivity contribution in [1.29, 1.82) is 0 Å². The van der Waals surface area contributed by atoms with Crippen molar-refractivity contribution in [2.45, 2.75) is 18.4 Å². The molecule has 0 aliphatic heterocycles. The van der Waals surface area contributed by atoms with Crippen LogP contribution in [0.2, 0.25) is 10.3 Å². The van der Waals surface area contributed by atoms with Crippen LogP contribution in [0.5, 0.6) is 6.01 Å². The molecular formula is C9H8Cl2N2O3. The molecule has 1 aliphatic rings. The minimum atomic E-state index is -0.956. The number of methoxy groups -OCH3 is 1. The molecule has 0 N–H and O–H groups in total. The molecule has 0 bridgehead atoms. The zero-order valence-electron chi connectivity index (χ0n) is 8.37. The lowest BCUT2D eigenvalue weighted by Gasteiger charge is -2.13. The molecular weight excluding hydrogens is 255 g/mol. The number of nitrogens with zero attached hydrogens (tertiary/aromatic N) is 2. The SMILES string of the molecule is COC(=O)C1(Oc2nc(Cl)cc(Cl)n2)CC1. The van der Waals surface area contributed by atoms with E-state index < -0.39 is 11.6 Å². The number of halogens is 2. The second kappa shape index (κ2) is 4.07.